The summed E-state index contributed by atoms with van der Waals surface area (Å²) in [7, 11) is 2.92. The summed E-state index contributed by atoms with van der Waals surface area (Å²) < 4.78 is 38.0. The van der Waals surface area contributed by atoms with Crippen molar-refractivity contribution in [2.45, 2.75) is 45.4 Å². The molecule has 1 aliphatic heterocycles. The number of nitrogens with zero attached hydrogens (tertiary/aromatic N) is 1. The molecule has 13 nitrogen and oxygen atoms in total. The van der Waals surface area contributed by atoms with Crippen LogP contribution in [0.2, 0.25) is 0 Å². The van der Waals surface area contributed by atoms with Gasteiger partial charge in [-0.2, -0.15) is 0 Å². The van der Waals surface area contributed by atoms with Gasteiger partial charge in [-0.15, -0.1) is 0 Å². The molecule has 2 aromatic rings. The second-order valence-corrected chi connectivity index (χ2v) is 10.0. The van der Waals surface area contributed by atoms with Crippen molar-refractivity contribution < 1.29 is 52.3 Å². The Kier molecular flexibility index (Phi) is 12.7. The second-order valence-electron chi connectivity index (χ2n) is 10.0. The highest BCUT2D eigenvalue weighted by Gasteiger charge is 2.42. The van der Waals surface area contributed by atoms with E-state index < -0.39 is 60.5 Å². The van der Waals surface area contributed by atoms with Gasteiger partial charge in [0, 0.05) is 19.4 Å². The Balaban J connectivity index is 1.83. The predicted octanol–water partition coefficient (Wildman–Crippen LogP) is 2.10. The molecule has 1 fully saturated rings. The smallest absolute Gasteiger partial charge is 0.332 e. The highest BCUT2D eigenvalue weighted by atomic mass is 16.7. The molecular formula is C30H38N2O11. The quantitative estimate of drug-likeness (QED) is 0.154. The van der Waals surface area contributed by atoms with E-state index >= 15 is 0 Å². The third-order valence-electron chi connectivity index (χ3n) is 6.49. The van der Waals surface area contributed by atoms with Crippen LogP contribution in [0.3, 0.4) is 0 Å². The van der Waals surface area contributed by atoms with Crippen molar-refractivity contribution >= 4 is 23.8 Å². The van der Waals surface area contributed by atoms with E-state index in [1.165, 1.54) is 33.4 Å². The van der Waals surface area contributed by atoms with Crippen molar-refractivity contribution in [1.82, 2.24) is 10.3 Å². The van der Waals surface area contributed by atoms with Crippen molar-refractivity contribution in [3.05, 3.63) is 53.9 Å². The molecule has 1 aromatic carbocycles. The normalized spacial score (nSPS) is 20.6. The molecule has 0 unspecified atom stereocenters. The SMILES string of the molecule is COCCOCOc1c(OC)ccnc1C(=O)N[C@H]1COC(=O)[C@H](Cc2ccccc2)[C@@H](OC(=O)C(C)C)[C@H](C)OC1=O. The summed E-state index contributed by atoms with van der Waals surface area (Å²) in [6.07, 6.45) is -0.695. The number of cyclic esters (lactones) is 2. The molecule has 0 spiro atoms. The molecule has 0 saturated carbocycles. The summed E-state index contributed by atoms with van der Waals surface area (Å²) in [5, 5.41) is 2.51. The van der Waals surface area contributed by atoms with E-state index in [1.807, 2.05) is 30.3 Å². The minimum atomic E-state index is -1.41. The fourth-order valence-corrected chi connectivity index (χ4v) is 4.17. The van der Waals surface area contributed by atoms with Crippen molar-refractivity contribution in [2.24, 2.45) is 11.8 Å². The van der Waals surface area contributed by atoms with Crippen LogP contribution in [0.25, 0.3) is 0 Å². The van der Waals surface area contributed by atoms with Crippen LogP contribution in [-0.4, -0.2) is 87.9 Å². The number of esters is 3. The number of carbonyl (C=O) groups is 4. The van der Waals surface area contributed by atoms with Crippen LogP contribution in [0.4, 0.5) is 0 Å². The molecular weight excluding hydrogens is 564 g/mol. The summed E-state index contributed by atoms with van der Waals surface area (Å²) in [5.74, 6) is -4.30. The maximum Gasteiger partial charge on any atom is 0.332 e. The van der Waals surface area contributed by atoms with Gasteiger partial charge in [0.1, 0.15) is 18.6 Å². The van der Waals surface area contributed by atoms with Crippen LogP contribution in [0.1, 0.15) is 36.8 Å². The minimum absolute atomic E-state index is 0.0229. The lowest BCUT2D eigenvalue weighted by Gasteiger charge is -2.29. The van der Waals surface area contributed by atoms with Crippen molar-refractivity contribution in [3.8, 4) is 11.5 Å². The lowest BCUT2D eigenvalue weighted by molar-refractivity contribution is -0.176. The zero-order valence-corrected chi connectivity index (χ0v) is 24.9. The van der Waals surface area contributed by atoms with Crippen LogP contribution >= 0.6 is 0 Å². The van der Waals surface area contributed by atoms with Crippen LogP contribution < -0.4 is 14.8 Å². The third-order valence-corrected chi connectivity index (χ3v) is 6.49. The fourth-order valence-electron chi connectivity index (χ4n) is 4.17. The number of aromatic nitrogens is 1. The minimum Gasteiger partial charge on any atom is -0.493 e. The Hall–Kier alpha value is -4.23. The van der Waals surface area contributed by atoms with E-state index in [0.717, 1.165) is 5.56 Å². The topological polar surface area (TPSA) is 158 Å². The first kappa shape index (κ1) is 33.3. The van der Waals surface area contributed by atoms with Gasteiger partial charge in [0.25, 0.3) is 5.91 Å². The first-order valence-electron chi connectivity index (χ1n) is 13.8. The van der Waals surface area contributed by atoms with E-state index in [0.29, 0.717) is 6.61 Å². The Labute approximate surface area is 250 Å². The number of pyridine rings is 1. The van der Waals surface area contributed by atoms with Gasteiger partial charge in [0.15, 0.2) is 36.1 Å². The number of amides is 1. The van der Waals surface area contributed by atoms with Crippen molar-refractivity contribution in [1.29, 1.82) is 0 Å². The summed E-state index contributed by atoms with van der Waals surface area (Å²) in [6.45, 7) is 4.65. The molecule has 0 aliphatic carbocycles. The first-order valence-corrected chi connectivity index (χ1v) is 13.8. The molecule has 1 aromatic heterocycles. The molecule has 43 heavy (non-hydrogen) atoms. The number of nitrogens with one attached hydrogen (secondary N) is 1. The number of ether oxygens (including phenoxy) is 7. The van der Waals surface area contributed by atoms with Crippen LogP contribution in [0.5, 0.6) is 11.5 Å². The van der Waals surface area contributed by atoms with Crippen molar-refractivity contribution in [3.63, 3.8) is 0 Å². The Morgan fingerprint density at radius 3 is 2.49 bits per heavy atom. The van der Waals surface area contributed by atoms with Gasteiger partial charge in [-0.1, -0.05) is 44.2 Å². The summed E-state index contributed by atoms with van der Waals surface area (Å²) in [5.41, 5.74) is 0.591. The van der Waals surface area contributed by atoms with Gasteiger partial charge >= 0.3 is 17.9 Å². The molecule has 0 bridgehead atoms. The number of hydrogen-bond donors (Lipinski definition) is 1. The molecule has 4 atom stereocenters. The summed E-state index contributed by atoms with van der Waals surface area (Å²) in [6, 6.07) is 9.20. The number of hydrogen-bond acceptors (Lipinski definition) is 12. The maximum atomic E-state index is 13.4. The molecule has 1 amide bonds. The largest absolute Gasteiger partial charge is 0.493 e. The highest BCUT2D eigenvalue weighted by molar-refractivity contribution is 5.98. The molecule has 234 valence electrons. The average molecular weight is 603 g/mol. The molecule has 1 N–H and O–H groups in total. The Morgan fingerprint density at radius 1 is 1.07 bits per heavy atom. The maximum absolute atomic E-state index is 13.4. The zero-order valence-electron chi connectivity index (χ0n) is 24.9. The van der Waals surface area contributed by atoms with E-state index in [2.05, 4.69) is 10.3 Å². The predicted molar refractivity (Wildman–Crippen MR) is 150 cm³/mol. The van der Waals surface area contributed by atoms with E-state index in [1.54, 1.807) is 13.8 Å². The van der Waals surface area contributed by atoms with Gasteiger partial charge in [-0.3, -0.25) is 14.4 Å². The molecule has 0 radical (unpaired) electrons. The monoisotopic (exact) mass is 602 g/mol. The van der Waals surface area contributed by atoms with Gasteiger partial charge < -0.3 is 38.5 Å². The zero-order chi connectivity index (χ0) is 31.4. The van der Waals surface area contributed by atoms with Gasteiger partial charge in [0.2, 0.25) is 0 Å². The highest BCUT2D eigenvalue weighted by Crippen LogP contribution is 2.30. The summed E-state index contributed by atoms with van der Waals surface area (Å²) in [4.78, 5) is 56.7. The Morgan fingerprint density at radius 2 is 1.81 bits per heavy atom. The second kappa shape index (κ2) is 16.4. The van der Waals surface area contributed by atoms with E-state index in [4.69, 9.17) is 33.2 Å². The summed E-state index contributed by atoms with van der Waals surface area (Å²) >= 11 is 0. The number of benzene rings is 1. The van der Waals surface area contributed by atoms with Gasteiger partial charge in [0.05, 0.1) is 26.2 Å². The lowest BCUT2D eigenvalue weighted by Crippen LogP contribution is -2.47. The molecule has 3 rings (SSSR count). The van der Waals surface area contributed by atoms with Gasteiger partial charge in [-0.05, 0) is 18.9 Å². The first-order chi connectivity index (χ1) is 20.7. The Bertz CT molecular complexity index is 1240. The fraction of sp³-hybridized carbons (Fsp3) is 0.500. The third kappa shape index (κ3) is 9.38. The molecule has 2 heterocycles. The lowest BCUT2D eigenvalue weighted by atomic mass is 9.91. The molecule has 13 heteroatoms. The van der Waals surface area contributed by atoms with Crippen LogP contribution in [-0.2, 0) is 44.5 Å². The number of methoxy groups -OCH3 is 2. The van der Waals surface area contributed by atoms with Gasteiger partial charge in [-0.25, -0.2) is 9.78 Å². The number of carbonyl (C=O) groups excluding carboxylic acids is 4. The van der Waals surface area contributed by atoms with Crippen LogP contribution in [0, 0.1) is 11.8 Å². The molecule has 1 saturated heterocycles. The average Bonchev–Trinajstić information content (AvgIpc) is 3.03. The van der Waals surface area contributed by atoms with Crippen molar-refractivity contribution in [2.75, 3.05) is 40.8 Å². The van der Waals surface area contributed by atoms with E-state index in [-0.39, 0.29) is 37.0 Å². The number of rotatable bonds is 13. The van der Waals surface area contributed by atoms with Crippen LogP contribution in [0.15, 0.2) is 42.6 Å². The standard InChI is InChI=1S/C30H38N2O11/c1-18(2)28(34)43-25-19(3)42-30(36)22(16-40-29(35)21(25)15-20-9-7-6-8-10-20)32-27(33)24-26(23(38-5)11-12-31-24)41-17-39-14-13-37-4/h6-12,18-19,21-22,25H,13-17H2,1-5H3,(H,32,33)/t19-,21+,22-,25-/m0/s1. The van der Waals surface area contributed by atoms with E-state index in [9.17, 15) is 19.2 Å². The molecule has 1 aliphatic rings.